The lowest BCUT2D eigenvalue weighted by molar-refractivity contribution is -0.106. The summed E-state index contributed by atoms with van der Waals surface area (Å²) in [6, 6.07) is 0.757. The van der Waals surface area contributed by atoms with Crippen LogP contribution in [0, 0.1) is 5.41 Å². The molecule has 0 aromatic carbocycles. The highest BCUT2D eigenvalue weighted by molar-refractivity contribution is 4.95. The summed E-state index contributed by atoms with van der Waals surface area (Å²) >= 11 is 0. The van der Waals surface area contributed by atoms with Crippen LogP contribution in [-0.4, -0.2) is 49.3 Å². The van der Waals surface area contributed by atoms with Gasteiger partial charge in [0.15, 0.2) is 0 Å². The van der Waals surface area contributed by atoms with Crippen molar-refractivity contribution in [3.05, 3.63) is 0 Å². The summed E-state index contributed by atoms with van der Waals surface area (Å²) in [5.74, 6) is 0. The van der Waals surface area contributed by atoms with Crippen molar-refractivity contribution in [2.24, 2.45) is 5.41 Å². The summed E-state index contributed by atoms with van der Waals surface area (Å²) in [6.45, 7) is 10.6. The van der Waals surface area contributed by atoms with E-state index in [1.165, 1.54) is 64.7 Å². The Bertz CT molecular complexity index is 321. The lowest BCUT2D eigenvalue weighted by atomic mass is 9.73. The van der Waals surface area contributed by atoms with Gasteiger partial charge in [-0.05, 0) is 70.4 Å². The fourth-order valence-corrected chi connectivity index (χ4v) is 4.60. The van der Waals surface area contributed by atoms with Gasteiger partial charge in [-0.15, -0.1) is 0 Å². The third kappa shape index (κ3) is 3.05. The molecular formula is C17H32N2O. The number of ether oxygens (including phenoxy) is 1. The Balaban J connectivity index is 1.64. The van der Waals surface area contributed by atoms with E-state index >= 15 is 0 Å². The number of hydrogen-bond donors (Lipinski definition) is 1. The van der Waals surface area contributed by atoms with Crippen molar-refractivity contribution < 1.29 is 4.74 Å². The standard InChI is InChI=1S/C17H32N2O/c1-3-16(2)12-15(6-11-20-16)19-10-5-8-17(14-19)7-4-9-18-13-17/h15,18H,3-14H2,1-2H3. The highest BCUT2D eigenvalue weighted by atomic mass is 16.5. The van der Waals surface area contributed by atoms with Gasteiger partial charge in [0, 0.05) is 25.7 Å². The second kappa shape index (κ2) is 5.94. The van der Waals surface area contributed by atoms with Crippen molar-refractivity contribution in [1.29, 1.82) is 0 Å². The summed E-state index contributed by atoms with van der Waals surface area (Å²) in [6.07, 6.45) is 9.24. The van der Waals surface area contributed by atoms with Gasteiger partial charge in [-0.2, -0.15) is 0 Å². The van der Waals surface area contributed by atoms with Crippen LogP contribution in [0.1, 0.15) is 58.8 Å². The zero-order chi connectivity index (χ0) is 14.1. The van der Waals surface area contributed by atoms with E-state index in [1.807, 2.05) is 0 Å². The largest absolute Gasteiger partial charge is 0.375 e. The second-order valence-electron chi connectivity index (χ2n) is 7.65. The van der Waals surface area contributed by atoms with Gasteiger partial charge in [0.2, 0.25) is 0 Å². The van der Waals surface area contributed by atoms with Crippen LogP contribution in [0.5, 0.6) is 0 Å². The van der Waals surface area contributed by atoms with Crippen molar-refractivity contribution in [1.82, 2.24) is 10.2 Å². The number of nitrogens with one attached hydrogen (secondary N) is 1. The first-order valence-electron chi connectivity index (χ1n) is 8.74. The third-order valence-electron chi connectivity index (χ3n) is 6.08. The van der Waals surface area contributed by atoms with Gasteiger partial charge in [-0.1, -0.05) is 6.92 Å². The normalized spacial score (nSPS) is 43.8. The van der Waals surface area contributed by atoms with Crippen molar-refractivity contribution in [2.45, 2.75) is 70.4 Å². The molecule has 3 nitrogen and oxygen atoms in total. The van der Waals surface area contributed by atoms with Gasteiger partial charge in [-0.25, -0.2) is 0 Å². The highest BCUT2D eigenvalue weighted by Gasteiger charge is 2.41. The minimum absolute atomic E-state index is 0.123. The van der Waals surface area contributed by atoms with Gasteiger partial charge >= 0.3 is 0 Å². The molecule has 3 heterocycles. The molecule has 3 aliphatic heterocycles. The quantitative estimate of drug-likeness (QED) is 0.842. The molecule has 3 atom stereocenters. The van der Waals surface area contributed by atoms with Crippen LogP contribution in [0.25, 0.3) is 0 Å². The Morgan fingerprint density at radius 2 is 2.15 bits per heavy atom. The smallest absolute Gasteiger partial charge is 0.0666 e. The SMILES string of the molecule is CCC1(C)CC(N2CCCC3(CCCNC3)C2)CCO1. The average molecular weight is 280 g/mol. The molecule has 0 aromatic rings. The first kappa shape index (κ1) is 14.8. The molecule has 0 aromatic heterocycles. The minimum Gasteiger partial charge on any atom is -0.375 e. The van der Waals surface area contributed by atoms with Gasteiger partial charge in [0.25, 0.3) is 0 Å². The summed E-state index contributed by atoms with van der Waals surface area (Å²) in [5.41, 5.74) is 0.704. The highest BCUT2D eigenvalue weighted by Crippen LogP contribution is 2.39. The Morgan fingerprint density at radius 1 is 1.30 bits per heavy atom. The maximum absolute atomic E-state index is 6.03. The Hall–Kier alpha value is -0.120. The molecule has 3 saturated heterocycles. The summed E-state index contributed by atoms with van der Waals surface area (Å²) in [5, 5.41) is 3.64. The maximum atomic E-state index is 6.03. The first-order chi connectivity index (χ1) is 9.65. The van der Waals surface area contributed by atoms with Crippen molar-refractivity contribution in [2.75, 3.05) is 32.8 Å². The molecule has 0 saturated carbocycles. The predicted molar refractivity (Wildman–Crippen MR) is 83.0 cm³/mol. The van der Waals surface area contributed by atoms with Crippen LogP contribution >= 0.6 is 0 Å². The fourth-order valence-electron chi connectivity index (χ4n) is 4.60. The van der Waals surface area contributed by atoms with Gasteiger partial charge in [0.05, 0.1) is 5.60 Å². The number of likely N-dealkylation sites (tertiary alicyclic amines) is 1. The molecule has 3 heteroatoms. The van der Waals surface area contributed by atoms with Gasteiger partial charge in [-0.3, -0.25) is 4.90 Å². The van der Waals surface area contributed by atoms with Crippen LogP contribution in [-0.2, 0) is 4.74 Å². The second-order valence-corrected chi connectivity index (χ2v) is 7.65. The maximum Gasteiger partial charge on any atom is 0.0666 e. The summed E-state index contributed by atoms with van der Waals surface area (Å²) < 4.78 is 6.03. The lowest BCUT2D eigenvalue weighted by Gasteiger charge is -2.50. The van der Waals surface area contributed by atoms with Crippen molar-refractivity contribution in [3.8, 4) is 0 Å². The zero-order valence-corrected chi connectivity index (χ0v) is 13.4. The molecule has 0 radical (unpaired) electrons. The molecule has 3 aliphatic rings. The van der Waals surface area contributed by atoms with E-state index < -0.39 is 0 Å². The molecule has 3 rings (SSSR count). The van der Waals surface area contributed by atoms with Crippen LogP contribution in [0.4, 0.5) is 0 Å². The number of piperidine rings is 2. The van der Waals surface area contributed by atoms with E-state index in [0.717, 1.165) is 19.1 Å². The van der Waals surface area contributed by atoms with Gasteiger partial charge in [0.1, 0.15) is 0 Å². The zero-order valence-electron chi connectivity index (χ0n) is 13.4. The van der Waals surface area contributed by atoms with Crippen molar-refractivity contribution >= 4 is 0 Å². The molecule has 1 spiro atoms. The van der Waals surface area contributed by atoms with Crippen molar-refractivity contribution in [3.63, 3.8) is 0 Å². The Morgan fingerprint density at radius 3 is 2.90 bits per heavy atom. The van der Waals surface area contributed by atoms with E-state index in [9.17, 15) is 0 Å². The van der Waals surface area contributed by atoms with Crippen LogP contribution in [0.2, 0.25) is 0 Å². The summed E-state index contributed by atoms with van der Waals surface area (Å²) in [4.78, 5) is 2.81. The van der Waals surface area contributed by atoms with E-state index in [4.69, 9.17) is 4.74 Å². The van der Waals surface area contributed by atoms with E-state index in [1.54, 1.807) is 0 Å². The molecule has 116 valence electrons. The third-order valence-corrected chi connectivity index (χ3v) is 6.08. The molecule has 3 fully saturated rings. The van der Waals surface area contributed by atoms with E-state index in [2.05, 4.69) is 24.1 Å². The average Bonchev–Trinajstić information content (AvgIpc) is 2.48. The molecule has 0 aliphatic carbocycles. The van der Waals surface area contributed by atoms with E-state index in [-0.39, 0.29) is 5.60 Å². The van der Waals surface area contributed by atoms with E-state index in [0.29, 0.717) is 5.41 Å². The summed E-state index contributed by atoms with van der Waals surface area (Å²) in [7, 11) is 0. The number of nitrogens with zero attached hydrogens (tertiary/aromatic N) is 1. The molecular weight excluding hydrogens is 248 g/mol. The molecule has 0 amide bonds. The monoisotopic (exact) mass is 280 g/mol. The van der Waals surface area contributed by atoms with Crippen LogP contribution in [0.3, 0.4) is 0 Å². The first-order valence-corrected chi connectivity index (χ1v) is 8.74. The topological polar surface area (TPSA) is 24.5 Å². The Kier molecular flexibility index (Phi) is 4.40. The molecule has 1 N–H and O–H groups in total. The molecule has 20 heavy (non-hydrogen) atoms. The van der Waals surface area contributed by atoms with Gasteiger partial charge < -0.3 is 10.1 Å². The predicted octanol–water partition coefficient (Wildman–Crippen LogP) is 2.80. The lowest BCUT2D eigenvalue weighted by Crippen LogP contribution is -2.56. The Labute approximate surface area is 124 Å². The molecule has 0 bridgehead atoms. The van der Waals surface area contributed by atoms with Crippen LogP contribution < -0.4 is 5.32 Å². The fraction of sp³-hybridized carbons (Fsp3) is 1.00. The van der Waals surface area contributed by atoms with Crippen LogP contribution in [0.15, 0.2) is 0 Å². The molecule has 3 unspecified atom stereocenters. The number of rotatable bonds is 2. The minimum atomic E-state index is 0.123. The number of hydrogen-bond acceptors (Lipinski definition) is 3.